The van der Waals surface area contributed by atoms with Crippen molar-refractivity contribution in [2.45, 2.75) is 38.0 Å². The summed E-state index contributed by atoms with van der Waals surface area (Å²) >= 11 is 0. The number of sulfonamides is 1. The first-order valence-electron chi connectivity index (χ1n) is 8.45. The second-order valence-electron chi connectivity index (χ2n) is 7.29. The molecule has 0 atom stereocenters. The third-order valence-corrected chi connectivity index (χ3v) is 6.26. The average Bonchev–Trinajstić information content (AvgIpc) is 2.89. The van der Waals surface area contributed by atoms with Gasteiger partial charge in [0.05, 0.1) is 4.90 Å². The summed E-state index contributed by atoms with van der Waals surface area (Å²) in [6, 6.07) is 11.7. The number of H-pyrrole nitrogens is 1. The third kappa shape index (κ3) is 3.39. The van der Waals surface area contributed by atoms with Crippen molar-refractivity contribution in [1.29, 1.82) is 0 Å². The number of rotatable bonds is 5. The summed E-state index contributed by atoms with van der Waals surface area (Å²) in [4.78, 5) is 3.46. The van der Waals surface area contributed by atoms with Gasteiger partial charge in [-0.3, -0.25) is 0 Å². The maximum atomic E-state index is 13.3. The average molecular weight is 374 g/mol. The van der Waals surface area contributed by atoms with E-state index in [1.165, 1.54) is 12.1 Å². The van der Waals surface area contributed by atoms with E-state index in [0.29, 0.717) is 5.56 Å². The van der Waals surface area contributed by atoms with E-state index in [2.05, 4.69) is 9.71 Å². The Bertz CT molecular complexity index is 1070. The molecule has 2 N–H and O–H groups in total. The Morgan fingerprint density at radius 3 is 2.50 bits per heavy atom. The van der Waals surface area contributed by atoms with Crippen LogP contribution in [0.25, 0.3) is 10.9 Å². The van der Waals surface area contributed by atoms with Gasteiger partial charge in [-0.15, -0.1) is 0 Å². The molecule has 0 saturated carbocycles. The van der Waals surface area contributed by atoms with E-state index in [4.69, 9.17) is 0 Å². The molecule has 3 rings (SSSR count). The highest BCUT2D eigenvalue weighted by molar-refractivity contribution is 7.89. The fourth-order valence-electron chi connectivity index (χ4n) is 3.50. The van der Waals surface area contributed by atoms with Crippen molar-refractivity contribution in [3.63, 3.8) is 0 Å². The normalized spacial score (nSPS) is 12.7. The lowest BCUT2D eigenvalue weighted by Gasteiger charge is -2.26. The van der Waals surface area contributed by atoms with Crippen LogP contribution in [0.3, 0.4) is 0 Å². The number of aromatic nitrogens is 1. The van der Waals surface area contributed by atoms with E-state index in [1.807, 2.05) is 45.0 Å². The topological polar surface area (TPSA) is 62.0 Å². The molecular weight excluding hydrogens is 351 g/mol. The second-order valence-corrected chi connectivity index (χ2v) is 9.02. The molecule has 138 valence electrons. The Kier molecular flexibility index (Phi) is 4.67. The van der Waals surface area contributed by atoms with Crippen LogP contribution >= 0.6 is 0 Å². The minimum Gasteiger partial charge on any atom is -0.358 e. The number of aromatic amines is 1. The SMILES string of the molecule is Cc1cc(F)ccc1S(=O)(=O)NCC(C)(C)c1c(C)[nH]c2ccccc12. The molecule has 0 amide bonds. The number of para-hydroxylation sites is 1. The summed E-state index contributed by atoms with van der Waals surface area (Å²) < 4.78 is 41.3. The van der Waals surface area contributed by atoms with E-state index in [1.54, 1.807) is 6.92 Å². The first-order valence-corrected chi connectivity index (χ1v) is 9.94. The van der Waals surface area contributed by atoms with Crippen molar-refractivity contribution >= 4 is 20.9 Å². The fraction of sp³-hybridized carbons (Fsp3) is 0.300. The smallest absolute Gasteiger partial charge is 0.240 e. The number of nitrogens with one attached hydrogen (secondary N) is 2. The van der Waals surface area contributed by atoms with Crippen molar-refractivity contribution in [3.05, 3.63) is 65.1 Å². The molecular formula is C20H23FN2O2S. The molecule has 2 aromatic carbocycles. The first kappa shape index (κ1) is 18.6. The maximum absolute atomic E-state index is 13.3. The highest BCUT2D eigenvalue weighted by atomic mass is 32.2. The minimum absolute atomic E-state index is 0.102. The molecule has 26 heavy (non-hydrogen) atoms. The fourth-order valence-corrected chi connectivity index (χ4v) is 4.94. The van der Waals surface area contributed by atoms with E-state index in [-0.39, 0.29) is 11.4 Å². The van der Waals surface area contributed by atoms with Crippen LogP contribution in [0.15, 0.2) is 47.4 Å². The lowest BCUT2D eigenvalue weighted by atomic mass is 9.83. The number of fused-ring (bicyclic) bond motifs is 1. The van der Waals surface area contributed by atoms with Crippen LogP contribution in [0.5, 0.6) is 0 Å². The number of aryl methyl sites for hydroxylation is 2. The van der Waals surface area contributed by atoms with Crippen molar-refractivity contribution in [2.75, 3.05) is 6.54 Å². The van der Waals surface area contributed by atoms with Gasteiger partial charge in [0.15, 0.2) is 0 Å². The molecule has 0 saturated heterocycles. The number of halogens is 1. The van der Waals surface area contributed by atoms with Gasteiger partial charge in [-0.2, -0.15) is 0 Å². The number of hydrogen-bond donors (Lipinski definition) is 2. The van der Waals surface area contributed by atoms with E-state index < -0.39 is 21.3 Å². The van der Waals surface area contributed by atoms with Gasteiger partial charge in [0.1, 0.15) is 5.82 Å². The predicted octanol–water partition coefficient (Wildman–Crippen LogP) is 4.18. The Labute approximate surface area is 153 Å². The summed E-state index contributed by atoms with van der Waals surface area (Å²) in [5.74, 6) is -0.448. The quantitative estimate of drug-likeness (QED) is 0.704. The summed E-state index contributed by atoms with van der Waals surface area (Å²) in [6.07, 6.45) is 0. The zero-order chi connectivity index (χ0) is 19.1. The zero-order valence-corrected chi connectivity index (χ0v) is 16.2. The van der Waals surface area contributed by atoms with Crippen LogP contribution in [0, 0.1) is 19.7 Å². The summed E-state index contributed by atoms with van der Waals surface area (Å²) in [5, 5.41) is 1.09. The van der Waals surface area contributed by atoms with Gasteiger partial charge in [-0.05, 0) is 49.2 Å². The van der Waals surface area contributed by atoms with Crippen LogP contribution in [0.4, 0.5) is 4.39 Å². The molecule has 6 heteroatoms. The summed E-state index contributed by atoms with van der Waals surface area (Å²) in [7, 11) is -3.72. The molecule has 4 nitrogen and oxygen atoms in total. The molecule has 0 fully saturated rings. The van der Waals surface area contributed by atoms with Gasteiger partial charge in [0, 0.05) is 28.6 Å². The van der Waals surface area contributed by atoms with Crippen LogP contribution in [-0.4, -0.2) is 19.9 Å². The predicted molar refractivity (Wildman–Crippen MR) is 102 cm³/mol. The van der Waals surface area contributed by atoms with Crippen LogP contribution in [0.2, 0.25) is 0 Å². The van der Waals surface area contributed by atoms with Crippen LogP contribution in [-0.2, 0) is 15.4 Å². The van der Waals surface area contributed by atoms with E-state index in [9.17, 15) is 12.8 Å². The Hall–Kier alpha value is -2.18. The number of benzene rings is 2. The zero-order valence-electron chi connectivity index (χ0n) is 15.4. The van der Waals surface area contributed by atoms with Gasteiger partial charge in [-0.1, -0.05) is 32.0 Å². The molecule has 1 aromatic heterocycles. The molecule has 0 aliphatic carbocycles. The molecule has 0 spiro atoms. The minimum atomic E-state index is -3.72. The molecule has 0 aliphatic rings. The van der Waals surface area contributed by atoms with E-state index >= 15 is 0 Å². The van der Waals surface area contributed by atoms with Gasteiger partial charge in [-0.25, -0.2) is 17.5 Å². The first-order chi connectivity index (χ1) is 12.1. The van der Waals surface area contributed by atoms with Crippen molar-refractivity contribution < 1.29 is 12.8 Å². The van der Waals surface area contributed by atoms with Gasteiger partial charge in [0.2, 0.25) is 10.0 Å². The van der Waals surface area contributed by atoms with Gasteiger partial charge in [0.25, 0.3) is 0 Å². The van der Waals surface area contributed by atoms with Crippen molar-refractivity contribution in [2.24, 2.45) is 0 Å². The highest BCUT2D eigenvalue weighted by Crippen LogP contribution is 2.33. The summed E-state index contributed by atoms with van der Waals surface area (Å²) in [5.41, 5.74) is 3.11. The lowest BCUT2D eigenvalue weighted by molar-refractivity contribution is 0.502. The van der Waals surface area contributed by atoms with Crippen molar-refractivity contribution in [3.8, 4) is 0 Å². The lowest BCUT2D eigenvalue weighted by Crippen LogP contribution is -2.37. The van der Waals surface area contributed by atoms with Crippen LogP contribution in [0.1, 0.15) is 30.7 Å². The molecule has 0 radical (unpaired) electrons. The van der Waals surface area contributed by atoms with Gasteiger partial charge < -0.3 is 4.98 Å². The standard InChI is InChI=1S/C20H23FN2O2S/c1-13-11-15(21)9-10-18(13)26(24,25)22-12-20(3,4)19-14(2)23-17-8-6-5-7-16(17)19/h5-11,22-23H,12H2,1-4H3. The Morgan fingerprint density at radius 1 is 1.12 bits per heavy atom. The third-order valence-electron chi connectivity index (χ3n) is 4.70. The Morgan fingerprint density at radius 2 is 1.81 bits per heavy atom. The van der Waals surface area contributed by atoms with Gasteiger partial charge >= 0.3 is 0 Å². The largest absolute Gasteiger partial charge is 0.358 e. The summed E-state index contributed by atoms with van der Waals surface area (Å²) in [6.45, 7) is 7.84. The maximum Gasteiger partial charge on any atom is 0.240 e. The molecule has 0 unspecified atom stereocenters. The monoisotopic (exact) mass is 374 g/mol. The molecule has 0 bridgehead atoms. The Balaban J connectivity index is 1.91. The molecule has 3 aromatic rings. The molecule has 1 heterocycles. The highest BCUT2D eigenvalue weighted by Gasteiger charge is 2.29. The van der Waals surface area contributed by atoms with Crippen LogP contribution < -0.4 is 4.72 Å². The van der Waals surface area contributed by atoms with Crippen molar-refractivity contribution in [1.82, 2.24) is 9.71 Å². The van der Waals surface area contributed by atoms with E-state index in [0.717, 1.165) is 28.2 Å². The number of hydrogen-bond acceptors (Lipinski definition) is 2. The molecule has 0 aliphatic heterocycles. The second kappa shape index (κ2) is 6.52.